The van der Waals surface area contributed by atoms with Gasteiger partial charge in [0, 0.05) is 30.8 Å². The van der Waals surface area contributed by atoms with E-state index in [0.717, 1.165) is 12.1 Å². The third-order valence-corrected chi connectivity index (χ3v) is 4.09. The molecule has 1 aromatic carbocycles. The van der Waals surface area contributed by atoms with Crippen LogP contribution < -0.4 is 14.8 Å². The number of nitrogens with one attached hydrogen (secondary N) is 1. The summed E-state index contributed by atoms with van der Waals surface area (Å²) >= 11 is 0. The Bertz CT molecular complexity index is 472. The van der Waals surface area contributed by atoms with Crippen LogP contribution in [-0.4, -0.2) is 42.5 Å². The number of hydrogen-bond acceptors (Lipinski definition) is 5. The summed E-state index contributed by atoms with van der Waals surface area (Å²) in [7, 11) is 0. The molecule has 5 heteroatoms. The smallest absolute Gasteiger partial charge is 0.231 e. The van der Waals surface area contributed by atoms with Gasteiger partial charge in [-0.15, -0.1) is 0 Å². The Hall–Kier alpha value is -1.46. The van der Waals surface area contributed by atoms with Crippen molar-refractivity contribution < 1.29 is 14.6 Å². The van der Waals surface area contributed by atoms with Gasteiger partial charge in [0.1, 0.15) is 5.75 Å². The maximum atomic E-state index is 9.97. The summed E-state index contributed by atoms with van der Waals surface area (Å²) in [4.78, 5) is 2.51. The first-order valence-corrected chi connectivity index (χ1v) is 7.30. The Morgan fingerprint density at radius 1 is 1.25 bits per heavy atom. The monoisotopic (exact) mass is 278 g/mol. The fourth-order valence-corrected chi connectivity index (χ4v) is 2.84. The topological polar surface area (TPSA) is 54.0 Å². The molecule has 2 aliphatic heterocycles. The molecule has 0 radical (unpaired) electrons. The normalized spacial score (nSPS) is 19.4. The maximum absolute atomic E-state index is 9.97. The van der Waals surface area contributed by atoms with Crippen molar-refractivity contribution in [3.8, 4) is 17.2 Å². The van der Waals surface area contributed by atoms with E-state index in [-0.39, 0.29) is 12.5 Å². The van der Waals surface area contributed by atoms with E-state index in [1.54, 1.807) is 6.07 Å². The predicted molar refractivity (Wildman–Crippen MR) is 76.2 cm³/mol. The molecule has 5 nitrogen and oxygen atoms in total. The average molecular weight is 278 g/mol. The van der Waals surface area contributed by atoms with E-state index >= 15 is 0 Å². The summed E-state index contributed by atoms with van der Waals surface area (Å²) in [6.45, 7) is 6.46. The third-order valence-electron chi connectivity index (χ3n) is 4.09. The first-order chi connectivity index (χ1) is 9.74. The quantitative estimate of drug-likeness (QED) is 0.858. The number of benzene rings is 1. The summed E-state index contributed by atoms with van der Waals surface area (Å²) in [5, 5.41) is 13.4. The minimum absolute atomic E-state index is 0.234. The maximum Gasteiger partial charge on any atom is 0.231 e. The van der Waals surface area contributed by atoms with Crippen molar-refractivity contribution in [2.24, 2.45) is 0 Å². The number of phenolic OH excluding ortho intramolecular Hbond substituents is 1. The van der Waals surface area contributed by atoms with Crippen LogP contribution in [0.25, 0.3) is 0 Å². The summed E-state index contributed by atoms with van der Waals surface area (Å²) in [6, 6.07) is 4.02. The summed E-state index contributed by atoms with van der Waals surface area (Å²) in [5.74, 6) is 1.60. The molecule has 2 N–H and O–H groups in total. The van der Waals surface area contributed by atoms with Crippen molar-refractivity contribution in [1.29, 1.82) is 0 Å². The second kappa shape index (κ2) is 5.89. The van der Waals surface area contributed by atoms with Crippen LogP contribution in [0.4, 0.5) is 0 Å². The molecule has 0 bridgehead atoms. The molecule has 1 aromatic rings. The largest absolute Gasteiger partial charge is 0.507 e. The van der Waals surface area contributed by atoms with Crippen LogP contribution >= 0.6 is 0 Å². The van der Waals surface area contributed by atoms with Crippen LogP contribution in [-0.2, 0) is 6.54 Å². The Morgan fingerprint density at radius 2 is 1.95 bits per heavy atom. The number of aromatic hydroxyl groups is 1. The van der Waals surface area contributed by atoms with Gasteiger partial charge in [0.2, 0.25) is 6.79 Å². The lowest BCUT2D eigenvalue weighted by Gasteiger charge is -2.24. The van der Waals surface area contributed by atoms with Crippen molar-refractivity contribution >= 4 is 0 Å². The Labute approximate surface area is 119 Å². The van der Waals surface area contributed by atoms with Crippen LogP contribution in [0.15, 0.2) is 12.1 Å². The summed E-state index contributed by atoms with van der Waals surface area (Å²) in [5.41, 5.74) is 0.850. The number of hydrogen-bond donors (Lipinski definition) is 2. The molecule has 1 fully saturated rings. The fraction of sp³-hybridized carbons (Fsp3) is 0.600. The first-order valence-electron chi connectivity index (χ1n) is 7.30. The van der Waals surface area contributed by atoms with E-state index in [1.165, 1.54) is 25.9 Å². The zero-order valence-electron chi connectivity index (χ0n) is 11.9. The molecule has 2 aliphatic rings. The number of likely N-dealkylation sites (tertiary alicyclic amines) is 1. The first kappa shape index (κ1) is 13.5. The van der Waals surface area contributed by atoms with E-state index < -0.39 is 0 Å². The van der Waals surface area contributed by atoms with Crippen LogP contribution in [0, 0.1) is 0 Å². The minimum atomic E-state index is 0.234. The molecule has 0 saturated carbocycles. The van der Waals surface area contributed by atoms with Crippen LogP contribution in [0.5, 0.6) is 17.2 Å². The number of phenols is 1. The van der Waals surface area contributed by atoms with Gasteiger partial charge in [-0.1, -0.05) is 0 Å². The molecule has 110 valence electrons. The lowest BCUT2D eigenvalue weighted by Crippen LogP contribution is -2.38. The highest BCUT2D eigenvalue weighted by Crippen LogP contribution is 2.37. The van der Waals surface area contributed by atoms with Crippen LogP contribution in [0.2, 0.25) is 0 Å². The second-order valence-electron chi connectivity index (χ2n) is 5.56. The van der Waals surface area contributed by atoms with Gasteiger partial charge in [0.05, 0.1) is 0 Å². The van der Waals surface area contributed by atoms with E-state index in [1.807, 2.05) is 6.07 Å². The van der Waals surface area contributed by atoms with E-state index in [2.05, 4.69) is 17.1 Å². The van der Waals surface area contributed by atoms with Crippen molar-refractivity contribution in [1.82, 2.24) is 10.2 Å². The SMILES string of the molecule is CC(CNCc1cc2c(cc1O)OCO2)N1CCCC1. The van der Waals surface area contributed by atoms with Gasteiger partial charge < -0.3 is 19.9 Å². The molecule has 1 atom stereocenters. The fourth-order valence-electron chi connectivity index (χ4n) is 2.84. The van der Waals surface area contributed by atoms with E-state index in [4.69, 9.17) is 9.47 Å². The lowest BCUT2D eigenvalue weighted by molar-refractivity contribution is 0.174. The van der Waals surface area contributed by atoms with Gasteiger partial charge >= 0.3 is 0 Å². The molecular weight excluding hydrogens is 256 g/mol. The Morgan fingerprint density at radius 3 is 2.70 bits per heavy atom. The van der Waals surface area contributed by atoms with Gasteiger partial charge in [0.25, 0.3) is 0 Å². The zero-order valence-corrected chi connectivity index (χ0v) is 11.9. The lowest BCUT2D eigenvalue weighted by atomic mass is 10.1. The molecule has 0 spiro atoms. The predicted octanol–water partition coefficient (Wildman–Crippen LogP) is 1.69. The number of ether oxygens (including phenoxy) is 2. The van der Waals surface area contributed by atoms with E-state index in [9.17, 15) is 5.11 Å². The summed E-state index contributed by atoms with van der Waals surface area (Å²) in [6.07, 6.45) is 2.63. The van der Waals surface area contributed by atoms with Crippen molar-refractivity contribution in [3.05, 3.63) is 17.7 Å². The molecule has 20 heavy (non-hydrogen) atoms. The number of fused-ring (bicyclic) bond motifs is 1. The molecule has 1 saturated heterocycles. The molecule has 0 aliphatic carbocycles. The zero-order chi connectivity index (χ0) is 13.9. The van der Waals surface area contributed by atoms with Crippen molar-refractivity contribution in [2.45, 2.75) is 32.4 Å². The highest BCUT2D eigenvalue weighted by Gasteiger charge is 2.19. The van der Waals surface area contributed by atoms with Crippen LogP contribution in [0.3, 0.4) is 0 Å². The van der Waals surface area contributed by atoms with Crippen LogP contribution in [0.1, 0.15) is 25.3 Å². The molecular formula is C15H22N2O3. The number of nitrogens with zero attached hydrogens (tertiary/aromatic N) is 1. The van der Waals surface area contributed by atoms with Gasteiger partial charge in [-0.25, -0.2) is 0 Å². The van der Waals surface area contributed by atoms with Gasteiger partial charge in [-0.3, -0.25) is 4.90 Å². The van der Waals surface area contributed by atoms with E-state index in [0.29, 0.717) is 24.1 Å². The highest BCUT2D eigenvalue weighted by molar-refractivity contribution is 5.51. The highest BCUT2D eigenvalue weighted by atomic mass is 16.7. The Kier molecular flexibility index (Phi) is 3.98. The van der Waals surface area contributed by atoms with Gasteiger partial charge in [-0.2, -0.15) is 0 Å². The van der Waals surface area contributed by atoms with Gasteiger partial charge in [-0.05, 0) is 38.9 Å². The Balaban J connectivity index is 1.53. The molecule has 3 rings (SSSR count). The van der Waals surface area contributed by atoms with Crippen molar-refractivity contribution in [3.63, 3.8) is 0 Å². The molecule has 1 unspecified atom stereocenters. The number of rotatable bonds is 5. The minimum Gasteiger partial charge on any atom is -0.507 e. The van der Waals surface area contributed by atoms with Gasteiger partial charge in [0.15, 0.2) is 11.5 Å². The third kappa shape index (κ3) is 2.83. The standard InChI is InChI=1S/C15H22N2O3/c1-11(17-4-2-3-5-17)8-16-9-12-6-14-15(7-13(12)18)20-10-19-14/h6-7,11,16,18H,2-5,8-10H2,1H3. The average Bonchev–Trinajstić information content (AvgIpc) is 3.08. The van der Waals surface area contributed by atoms with Crippen molar-refractivity contribution in [2.75, 3.05) is 26.4 Å². The molecule has 2 heterocycles. The molecule has 0 aromatic heterocycles. The second-order valence-corrected chi connectivity index (χ2v) is 5.56. The molecule has 0 amide bonds. The summed E-state index contributed by atoms with van der Waals surface area (Å²) < 4.78 is 10.6.